The summed E-state index contributed by atoms with van der Waals surface area (Å²) in [5.41, 5.74) is 8.05. The number of anilines is 3. The normalized spacial score (nSPS) is 11.4. The molecule has 0 aliphatic carbocycles. The predicted molar refractivity (Wildman–Crippen MR) is 84.2 cm³/mol. The van der Waals surface area contributed by atoms with E-state index in [1.165, 1.54) is 5.56 Å². The molecule has 20 heavy (non-hydrogen) atoms. The molecule has 4 nitrogen and oxygen atoms in total. The number of nitrogen functional groups attached to an aromatic ring is 1. The predicted octanol–water partition coefficient (Wildman–Crippen LogP) is 3.66. The zero-order valence-corrected chi connectivity index (χ0v) is 12.6. The molecule has 1 aromatic carbocycles. The summed E-state index contributed by atoms with van der Waals surface area (Å²) in [6.07, 6.45) is 1.01. The molecule has 0 radical (unpaired) electrons. The molecule has 3 N–H and O–H groups in total. The maximum absolute atomic E-state index is 5.87. The zero-order valence-electron chi connectivity index (χ0n) is 12.6. The maximum Gasteiger partial charge on any atom is 0.138 e. The van der Waals surface area contributed by atoms with E-state index >= 15 is 0 Å². The van der Waals surface area contributed by atoms with Gasteiger partial charge < -0.3 is 11.1 Å². The highest BCUT2D eigenvalue weighted by Gasteiger charge is 2.18. The van der Waals surface area contributed by atoms with Gasteiger partial charge in [-0.3, -0.25) is 0 Å². The van der Waals surface area contributed by atoms with Crippen LogP contribution < -0.4 is 11.1 Å². The molecule has 106 valence electrons. The highest BCUT2D eigenvalue weighted by molar-refractivity contribution is 5.59. The van der Waals surface area contributed by atoms with Crippen LogP contribution in [0.5, 0.6) is 0 Å². The SMILES string of the molecule is CCc1cccc(Nc2cc(N)nc(C(C)(C)C)n2)c1. The number of aryl methyl sites for hydroxylation is 1. The Morgan fingerprint density at radius 3 is 2.55 bits per heavy atom. The Balaban J connectivity index is 2.31. The maximum atomic E-state index is 5.87. The van der Waals surface area contributed by atoms with Gasteiger partial charge in [-0.1, -0.05) is 39.8 Å². The topological polar surface area (TPSA) is 63.8 Å². The molecule has 0 amide bonds. The molecule has 0 atom stereocenters. The van der Waals surface area contributed by atoms with Crippen molar-refractivity contribution in [1.82, 2.24) is 9.97 Å². The molecule has 1 aromatic heterocycles. The number of hydrogen-bond acceptors (Lipinski definition) is 4. The van der Waals surface area contributed by atoms with Crippen molar-refractivity contribution >= 4 is 17.3 Å². The average Bonchev–Trinajstić information content (AvgIpc) is 2.37. The van der Waals surface area contributed by atoms with Gasteiger partial charge in [-0.25, -0.2) is 9.97 Å². The van der Waals surface area contributed by atoms with Crippen LogP contribution >= 0.6 is 0 Å². The Labute approximate surface area is 120 Å². The third-order valence-corrected chi connectivity index (χ3v) is 3.02. The van der Waals surface area contributed by atoms with Crippen LogP contribution in [0.25, 0.3) is 0 Å². The molecule has 0 unspecified atom stereocenters. The lowest BCUT2D eigenvalue weighted by atomic mass is 9.96. The third-order valence-electron chi connectivity index (χ3n) is 3.02. The molecule has 0 fully saturated rings. The Kier molecular flexibility index (Phi) is 3.93. The van der Waals surface area contributed by atoms with Crippen LogP contribution in [0.4, 0.5) is 17.3 Å². The summed E-state index contributed by atoms with van der Waals surface area (Å²) in [5, 5.41) is 3.30. The van der Waals surface area contributed by atoms with Gasteiger partial charge in [0.1, 0.15) is 17.5 Å². The van der Waals surface area contributed by atoms with E-state index in [0.29, 0.717) is 5.82 Å². The van der Waals surface area contributed by atoms with Crippen molar-refractivity contribution in [2.24, 2.45) is 0 Å². The number of rotatable bonds is 3. The zero-order chi connectivity index (χ0) is 14.8. The summed E-state index contributed by atoms with van der Waals surface area (Å²) < 4.78 is 0. The number of aromatic nitrogens is 2. The first-order valence-corrected chi connectivity index (χ1v) is 6.89. The molecule has 2 rings (SSSR count). The van der Waals surface area contributed by atoms with Crippen molar-refractivity contribution in [1.29, 1.82) is 0 Å². The minimum atomic E-state index is -0.128. The molecule has 0 spiro atoms. The summed E-state index contributed by atoms with van der Waals surface area (Å²) in [6.45, 7) is 8.36. The van der Waals surface area contributed by atoms with E-state index in [0.717, 1.165) is 23.8 Å². The second-order valence-electron chi connectivity index (χ2n) is 5.93. The molecule has 4 heteroatoms. The highest BCUT2D eigenvalue weighted by atomic mass is 15.1. The summed E-state index contributed by atoms with van der Waals surface area (Å²) in [6, 6.07) is 10.0. The van der Waals surface area contributed by atoms with Crippen molar-refractivity contribution in [2.75, 3.05) is 11.1 Å². The molecular weight excluding hydrogens is 248 g/mol. The van der Waals surface area contributed by atoms with Gasteiger partial charge in [-0.05, 0) is 24.1 Å². The number of nitrogens with one attached hydrogen (secondary N) is 1. The van der Waals surface area contributed by atoms with Crippen molar-refractivity contribution < 1.29 is 0 Å². The van der Waals surface area contributed by atoms with Crippen molar-refractivity contribution in [3.05, 3.63) is 41.7 Å². The Hall–Kier alpha value is -2.10. The lowest BCUT2D eigenvalue weighted by molar-refractivity contribution is 0.547. The van der Waals surface area contributed by atoms with E-state index in [1.807, 2.05) is 12.1 Å². The molecule has 0 saturated heterocycles. The fourth-order valence-electron chi connectivity index (χ4n) is 1.88. The molecule has 2 aromatic rings. The first-order valence-electron chi connectivity index (χ1n) is 6.89. The summed E-state index contributed by atoms with van der Waals surface area (Å²) in [4.78, 5) is 8.86. The van der Waals surface area contributed by atoms with Crippen molar-refractivity contribution in [2.45, 2.75) is 39.5 Å². The summed E-state index contributed by atoms with van der Waals surface area (Å²) in [5.74, 6) is 1.96. The minimum Gasteiger partial charge on any atom is -0.384 e. The second-order valence-corrected chi connectivity index (χ2v) is 5.93. The van der Waals surface area contributed by atoms with E-state index in [-0.39, 0.29) is 5.41 Å². The van der Waals surface area contributed by atoms with Crippen LogP contribution in [-0.4, -0.2) is 9.97 Å². The van der Waals surface area contributed by atoms with Crippen molar-refractivity contribution in [3.8, 4) is 0 Å². The van der Waals surface area contributed by atoms with Gasteiger partial charge in [-0.2, -0.15) is 0 Å². The molecular formula is C16H22N4. The van der Waals surface area contributed by atoms with E-state index in [4.69, 9.17) is 5.73 Å². The van der Waals surface area contributed by atoms with Gasteiger partial charge in [0.05, 0.1) is 0 Å². The second kappa shape index (κ2) is 5.49. The standard InChI is InChI=1S/C16H22N4/c1-5-11-7-6-8-12(9-11)18-14-10-13(17)19-15(20-14)16(2,3)4/h6-10H,5H2,1-4H3,(H3,17,18,19,20). The van der Waals surface area contributed by atoms with Gasteiger partial charge in [0.15, 0.2) is 0 Å². The quantitative estimate of drug-likeness (QED) is 0.893. The fraction of sp³-hybridized carbons (Fsp3) is 0.375. The molecule has 0 bridgehead atoms. The lowest BCUT2D eigenvalue weighted by Gasteiger charge is -2.18. The van der Waals surface area contributed by atoms with Crippen LogP contribution in [0, 0.1) is 0 Å². The fourth-order valence-corrected chi connectivity index (χ4v) is 1.88. The Morgan fingerprint density at radius 2 is 1.90 bits per heavy atom. The van der Waals surface area contributed by atoms with E-state index < -0.39 is 0 Å². The first kappa shape index (κ1) is 14.3. The van der Waals surface area contributed by atoms with E-state index in [9.17, 15) is 0 Å². The van der Waals surface area contributed by atoms with Crippen LogP contribution in [0.3, 0.4) is 0 Å². The number of hydrogen-bond donors (Lipinski definition) is 2. The minimum absolute atomic E-state index is 0.128. The van der Waals surface area contributed by atoms with Gasteiger partial charge >= 0.3 is 0 Å². The first-order chi connectivity index (χ1) is 9.38. The number of nitrogens with two attached hydrogens (primary N) is 1. The smallest absolute Gasteiger partial charge is 0.138 e. The summed E-state index contributed by atoms with van der Waals surface area (Å²) >= 11 is 0. The largest absolute Gasteiger partial charge is 0.384 e. The van der Waals surface area contributed by atoms with Gasteiger partial charge in [-0.15, -0.1) is 0 Å². The molecule has 0 saturated carbocycles. The third kappa shape index (κ3) is 3.47. The molecule has 0 aliphatic heterocycles. The van der Waals surface area contributed by atoms with E-state index in [1.54, 1.807) is 6.07 Å². The van der Waals surface area contributed by atoms with Crippen LogP contribution in [0.15, 0.2) is 30.3 Å². The van der Waals surface area contributed by atoms with Crippen molar-refractivity contribution in [3.63, 3.8) is 0 Å². The van der Waals surface area contributed by atoms with Gasteiger partial charge in [0, 0.05) is 17.2 Å². The number of nitrogens with zero attached hydrogens (tertiary/aromatic N) is 2. The monoisotopic (exact) mass is 270 g/mol. The van der Waals surface area contributed by atoms with Crippen LogP contribution in [0.2, 0.25) is 0 Å². The summed E-state index contributed by atoms with van der Waals surface area (Å²) in [7, 11) is 0. The Morgan fingerprint density at radius 1 is 1.15 bits per heavy atom. The molecule has 1 heterocycles. The average molecular weight is 270 g/mol. The van der Waals surface area contributed by atoms with Crippen LogP contribution in [-0.2, 0) is 11.8 Å². The lowest BCUT2D eigenvalue weighted by Crippen LogP contribution is -2.17. The molecule has 0 aliphatic rings. The van der Waals surface area contributed by atoms with E-state index in [2.05, 4.69) is 55.1 Å². The van der Waals surface area contributed by atoms with Crippen LogP contribution in [0.1, 0.15) is 39.1 Å². The Bertz CT molecular complexity index is 600. The van der Waals surface area contributed by atoms with Gasteiger partial charge in [0.2, 0.25) is 0 Å². The van der Waals surface area contributed by atoms with Gasteiger partial charge in [0.25, 0.3) is 0 Å². The number of benzene rings is 1. The highest BCUT2D eigenvalue weighted by Crippen LogP contribution is 2.23.